The van der Waals surface area contributed by atoms with Gasteiger partial charge in [-0.05, 0) is 41.8 Å². The summed E-state index contributed by atoms with van der Waals surface area (Å²) in [5.74, 6) is 0. The van der Waals surface area contributed by atoms with E-state index in [9.17, 15) is 5.11 Å². The molecule has 2 aromatic rings. The van der Waals surface area contributed by atoms with E-state index in [0.717, 1.165) is 6.42 Å². The summed E-state index contributed by atoms with van der Waals surface area (Å²) in [7, 11) is 0. The summed E-state index contributed by atoms with van der Waals surface area (Å²) < 4.78 is 1.31. The van der Waals surface area contributed by atoms with Gasteiger partial charge >= 0.3 is 0 Å². The summed E-state index contributed by atoms with van der Waals surface area (Å²) in [6.45, 7) is 1.82. The molecule has 1 heterocycles. The van der Waals surface area contributed by atoms with Crippen molar-refractivity contribution in [3.8, 4) is 0 Å². The zero-order valence-electron chi connectivity index (χ0n) is 7.53. The first kappa shape index (κ1) is 8.73. The summed E-state index contributed by atoms with van der Waals surface area (Å²) >= 11 is 1.75. The first-order valence-electron chi connectivity index (χ1n) is 4.40. The van der Waals surface area contributed by atoms with Crippen LogP contribution in [0.15, 0.2) is 29.6 Å². The van der Waals surface area contributed by atoms with Crippen molar-refractivity contribution in [1.29, 1.82) is 0 Å². The van der Waals surface area contributed by atoms with Gasteiger partial charge in [0.05, 0.1) is 6.10 Å². The number of benzene rings is 1. The first-order chi connectivity index (χ1) is 6.25. The maximum Gasteiger partial charge on any atom is 0.0552 e. The van der Waals surface area contributed by atoms with Gasteiger partial charge in [-0.15, -0.1) is 11.3 Å². The van der Waals surface area contributed by atoms with Crippen molar-refractivity contribution in [2.24, 2.45) is 0 Å². The molecule has 1 aromatic carbocycles. The molecule has 0 spiro atoms. The summed E-state index contributed by atoms with van der Waals surface area (Å²) in [6, 6.07) is 8.48. The predicted molar refractivity (Wildman–Crippen MR) is 57.2 cm³/mol. The van der Waals surface area contributed by atoms with Gasteiger partial charge in [0, 0.05) is 4.70 Å². The molecule has 0 fully saturated rings. The molecule has 0 aliphatic carbocycles. The maximum absolute atomic E-state index is 9.23. The third kappa shape index (κ3) is 1.90. The van der Waals surface area contributed by atoms with Crippen LogP contribution in [0.25, 0.3) is 10.1 Å². The van der Waals surface area contributed by atoms with Crippen LogP contribution in [0.1, 0.15) is 12.5 Å². The van der Waals surface area contributed by atoms with Gasteiger partial charge < -0.3 is 5.11 Å². The van der Waals surface area contributed by atoms with Crippen molar-refractivity contribution in [3.05, 3.63) is 35.2 Å². The zero-order valence-corrected chi connectivity index (χ0v) is 8.34. The lowest BCUT2D eigenvalue weighted by molar-refractivity contribution is 0.195. The van der Waals surface area contributed by atoms with Gasteiger partial charge in [-0.3, -0.25) is 0 Å². The van der Waals surface area contributed by atoms with Gasteiger partial charge in [0.15, 0.2) is 0 Å². The largest absolute Gasteiger partial charge is 0.393 e. The lowest BCUT2D eigenvalue weighted by Crippen LogP contribution is -2.03. The lowest BCUT2D eigenvalue weighted by Gasteiger charge is -2.03. The Kier molecular flexibility index (Phi) is 2.34. The van der Waals surface area contributed by atoms with E-state index in [1.165, 1.54) is 15.6 Å². The van der Waals surface area contributed by atoms with E-state index in [1.54, 1.807) is 11.3 Å². The van der Waals surface area contributed by atoms with Crippen molar-refractivity contribution >= 4 is 21.4 Å². The van der Waals surface area contributed by atoms with Gasteiger partial charge in [0.25, 0.3) is 0 Å². The Hall–Kier alpha value is -0.860. The fourth-order valence-electron chi connectivity index (χ4n) is 1.48. The number of hydrogen-bond donors (Lipinski definition) is 1. The number of aliphatic hydroxyl groups is 1. The fraction of sp³-hybridized carbons (Fsp3) is 0.273. The molecule has 2 heteroatoms. The molecule has 2 rings (SSSR count). The first-order valence-corrected chi connectivity index (χ1v) is 5.28. The van der Waals surface area contributed by atoms with Crippen molar-refractivity contribution < 1.29 is 5.11 Å². The molecular weight excluding hydrogens is 180 g/mol. The molecule has 13 heavy (non-hydrogen) atoms. The maximum atomic E-state index is 9.23. The third-order valence-corrected chi connectivity index (χ3v) is 2.95. The van der Waals surface area contributed by atoms with E-state index < -0.39 is 0 Å². The van der Waals surface area contributed by atoms with Crippen LogP contribution in [0.2, 0.25) is 0 Å². The number of thiophene rings is 1. The summed E-state index contributed by atoms with van der Waals surface area (Å²) in [5.41, 5.74) is 1.21. The minimum absolute atomic E-state index is 0.254. The van der Waals surface area contributed by atoms with Crippen molar-refractivity contribution in [2.75, 3.05) is 0 Å². The minimum Gasteiger partial charge on any atom is -0.393 e. The van der Waals surface area contributed by atoms with Gasteiger partial charge in [0.2, 0.25) is 0 Å². The van der Waals surface area contributed by atoms with Crippen molar-refractivity contribution in [2.45, 2.75) is 19.4 Å². The molecule has 0 saturated carbocycles. The van der Waals surface area contributed by atoms with E-state index in [1.807, 2.05) is 6.92 Å². The predicted octanol–water partition coefficient (Wildman–Crippen LogP) is 2.82. The molecule has 1 N–H and O–H groups in total. The van der Waals surface area contributed by atoms with Crippen LogP contribution in [-0.2, 0) is 6.42 Å². The summed E-state index contributed by atoms with van der Waals surface area (Å²) in [4.78, 5) is 0. The molecule has 68 valence electrons. The van der Waals surface area contributed by atoms with Crippen LogP contribution in [0.3, 0.4) is 0 Å². The third-order valence-electron chi connectivity index (χ3n) is 2.05. The zero-order chi connectivity index (χ0) is 9.26. The van der Waals surface area contributed by atoms with Gasteiger partial charge in [-0.2, -0.15) is 0 Å². The molecule has 1 nitrogen and oxygen atoms in total. The average Bonchev–Trinajstić information content (AvgIpc) is 2.49. The highest BCUT2D eigenvalue weighted by atomic mass is 32.1. The Labute approximate surface area is 81.6 Å². The smallest absolute Gasteiger partial charge is 0.0552 e. The second-order valence-electron chi connectivity index (χ2n) is 3.35. The monoisotopic (exact) mass is 192 g/mol. The Morgan fingerprint density at radius 2 is 2.23 bits per heavy atom. The lowest BCUT2D eigenvalue weighted by atomic mass is 10.1. The highest BCUT2D eigenvalue weighted by Gasteiger charge is 2.00. The molecular formula is C11H12OS. The fourth-order valence-corrected chi connectivity index (χ4v) is 2.26. The number of hydrogen-bond acceptors (Lipinski definition) is 2. The van der Waals surface area contributed by atoms with Gasteiger partial charge in [-0.1, -0.05) is 12.1 Å². The average molecular weight is 192 g/mol. The summed E-state index contributed by atoms with van der Waals surface area (Å²) in [6.07, 6.45) is 0.488. The molecule has 0 bridgehead atoms. The quantitative estimate of drug-likeness (QED) is 0.775. The van der Waals surface area contributed by atoms with Gasteiger partial charge in [0.1, 0.15) is 0 Å². The topological polar surface area (TPSA) is 20.2 Å². The second kappa shape index (κ2) is 3.48. The molecule has 0 aliphatic rings. The van der Waals surface area contributed by atoms with Crippen molar-refractivity contribution in [3.63, 3.8) is 0 Å². The minimum atomic E-state index is -0.254. The van der Waals surface area contributed by atoms with Crippen LogP contribution in [-0.4, -0.2) is 11.2 Å². The van der Waals surface area contributed by atoms with Crippen molar-refractivity contribution in [1.82, 2.24) is 0 Å². The van der Waals surface area contributed by atoms with Gasteiger partial charge in [-0.25, -0.2) is 0 Å². The van der Waals surface area contributed by atoms with E-state index in [-0.39, 0.29) is 6.10 Å². The molecule has 1 unspecified atom stereocenters. The highest BCUT2D eigenvalue weighted by molar-refractivity contribution is 7.17. The highest BCUT2D eigenvalue weighted by Crippen LogP contribution is 2.22. The number of rotatable bonds is 2. The van der Waals surface area contributed by atoms with E-state index in [4.69, 9.17) is 0 Å². The SMILES string of the molecule is CC(O)Cc1ccc2sccc2c1. The normalized spacial score (nSPS) is 13.4. The van der Waals surface area contributed by atoms with E-state index in [2.05, 4.69) is 29.6 Å². The van der Waals surface area contributed by atoms with Crippen LogP contribution in [0.4, 0.5) is 0 Å². The standard InChI is InChI=1S/C11H12OS/c1-8(12)6-9-2-3-11-10(7-9)4-5-13-11/h2-5,7-8,12H,6H2,1H3. The number of aliphatic hydroxyl groups excluding tert-OH is 1. The Bertz CT molecular complexity index is 403. The Balaban J connectivity index is 2.37. The van der Waals surface area contributed by atoms with E-state index in [0.29, 0.717) is 0 Å². The van der Waals surface area contributed by atoms with Crippen LogP contribution >= 0.6 is 11.3 Å². The Morgan fingerprint density at radius 1 is 1.38 bits per heavy atom. The number of fused-ring (bicyclic) bond motifs is 1. The van der Waals surface area contributed by atoms with Crippen LogP contribution in [0, 0.1) is 0 Å². The molecule has 0 aliphatic heterocycles. The molecule has 0 amide bonds. The molecule has 1 atom stereocenters. The Morgan fingerprint density at radius 3 is 3.00 bits per heavy atom. The van der Waals surface area contributed by atoms with E-state index >= 15 is 0 Å². The second-order valence-corrected chi connectivity index (χ2v) is 4.29. The van der Waals surface area contributed by atoms with Crippen LogP contribution < -0.4 is 0 Å². The molecule has 1 aromatic heterocycles. The van der Waals surface area contributed by atoms with Crippen LogP contribution in [0.5, 0.6) is 0 Å². The summed E-state index contributed by atoms with van der Waals surface area (Å²) in [5, 5.41) is 12.6. The molecule has 0 radical (unpaired) electrons. The molecule has 0 saturated heterocycles.